The van der Waals surface area contributed by atoms with Crippen LogP contribution in [0.5, 0.6) is 0 Å². The van der Waals surface area contributed by atoms with Crippen LogP contribution < -0.4 is 0 Å². The molecule has 0 amide bonds. The van der Waals surface area contributed by atoms with Crippen LogP contribution in [0, 0.1) is 5.92 Å². The number of rotatable bonds is 6. The molecule has 0 aromatic heterocycles. The summed E-state index contributed by atoms with van der Waals surface area (Å²) in [7, 11) is 2.20. The predicted octanol–water partition coefficient (Wildman–Crippen LogP) is 1.88. The van der Waals surface area contributed by atoms with Crippen molar-refractivity contribution in [3.05, 3.63) is 0 Å². The minimum atomic E-state index is 0.345. The Morgan fingerprint density at radius 3 is 2.54 bits per heavy atom. The zero-order chi connectivity index (χ0) is 9.52. The topological polar surface area (TPSA) is 23.5 Å². The van der Waals surface area contributed by atoms with Gasteiger partial charge in [-0.15, -0.1) is 0 Å². The molecule has 0 spiro atoms. The lowest BCUT2D eigenvalue weighted by Gasteiger charge is -2.20. The molecule has 2 nitrogen and oxygen atoms in total. The Kier molecular flexibility index (Phi) is 5.40. The van der Waals surface area contributed by atoms with Gasteiger partial charge in [0.15, 0.2) is 0 Å². The molecule has 1 aliphatic carbocycles. The molecule has 0 unspecified atom stereocenters. The molecule has 1 rings (SSSR count). The molecule has 0 aromatic carbocycles. The standard InChI is InChI=1S/C11H23NO/c1-12(8-4-5-9-13)10-11-6-2-3-7-11/h11,13H,2-10H2,1H3. The largest absolute Gasteiger partial charge is 0.396 e. The number of aliphatic hydroxyl groups is 1. The third-order valence-electron chi connectivity index (χ3n) is 2.99. The first kappa shape index (κ1) is 11.0. The van der Waals surface area contributed by atoms with Crippen LogP contribution in [0.25, 0.3) is 0 Å². The van der Waals surface area contributed by atoms with E-state index < -0.39 is 0 Å². The van der Waals surface area contributed by atoms with Gasteiger partial charge in [-0.1, -0.05) is 12.8 Å². The highest BCUT2D eigenvalue weighted by Crippen LogP contribution is 2.25. The van der Waals surface area contributed by atoms with Crippen molar-refractivity contribution in [2.45, 2.75) is 38.5 Å². The van der Waals surface area contributed by atoms with Crippen molar-refractivity contribution in [1.29, 1.82) is 0 Å². The summed E-state index contributed by atoms with van der Waals surface area (Å²) >= 11 is 0. The molecular formula is C11H23NO. The fourth-order valence-electron chi connectivity index (χ4n) is 2.22. The van der Waals surface area contributed by atoms with Gasteiger partial charge in [-0.05, 0) is 45.2 Å². The van der Waals surface area contributed by atoms with Crippen LogP contribution >= 0.6 is 0 Å². The van der Waals surface area contributed by atoms with Crippen LogP contribution in [-0.4, -0.2) is 36.8 Å². The highest BCUT2D eigenvalue weighted by molar-refractivity contribution is 4.70. The Hall–Kier alpha value is -0.0800. The molecule has 1 aliphatic rings. The molecule has 0 aromatic rings. The molecule has 0 bridgehead atoms. The SMILES string of the molecule is CN(CCCCO)CC1CCCC1. The summed E-state index contributed by atoms with van der Waals surface area (Å²) < 4.78 is 0. The maximum absolute atomic E-state index is 8.64. The average molecular weight is 185 g/mol. The molecule has 13 heavy (non-hydrogen) atoms. The minimum absolute atomic E-state index is 0.345. The van der Waals surface area contributed by atoms with Gasteiger partial charge in [0.05, 0.1) is 0 Å². The Bertz CT molecular complexity index is 121. The Morgan fingerprint density at radius 1 is 1.23 bits per heavy atom. The summed E-state index contributed by atoms with van der Waals surface area (Å²) in [5.41, 5.74) is 0. The molecule has 1 saturated carbocycles. The lowest BCUT2D eigenvalue weighted by molar-refractivity contribution is 0.246. The van der Waals surface area contributed by atoms with E-state index in [0.717, 1.165) is 25.3 Å². The highest BCUT2D eigenvalue weighted by Gasteiger charge is 2.16. The van der Waals surface area contributed by atoms with Crippen LogP contribution in [0.1, 0.15) is 38.5 Å². The summed E-state index contributed by atoms with van der Waals surface area (Å²) in [6.07, 6.45) is 7.84. The second kappa shape index (κ2) is 6.39. The normalized spacial score (nSPS) is 18.7. The van der Waals surface area contributed by atoms with Crippen molar-refractivity contribution in [2.24, 2.45) is 5.92 Å². The summed E-state index contributed by atoms with van der Waals surface area (Å²) in [5.74, 6) is 0.958. The number of nitrogens with zero attached hydrogens (tertiary/aromatic N) is 1. The Balaban J connectivity index is 1.99. The lowest BCUT2D eigenvalue weighted by Crippen LogP contribution is -2.25. The number of hydrogen-bond donors (Lipinski definition) is 1. The van der Waals surface area contributed by atoms with E-state index in [1.165, 1.54) is 32.2 Å². The van der Waals surface area contributed by atoms with Crippen molar-refractivity contribution in [3.8, 4) is 0 Å². The van der Waals surface area contributed by atoms with E-state index in [2.05, 4.69) is 11.9 Å². The summed E-state index contributed by atoms with van der Waals surface area (Å²) in [4.78, 5) is 2.42. The van der Waals surface area contributed by atoms with Gasteiger partial charge in [0, 0.05) is 13.2 Å². The third kappa shape index (κ3) is 4.63. The number of unbranched alkanes of at least 4 members (excludes halogenated alkanes) is 1. The van der Waals surface area contributed by atoms with E-state index >= 15 is 0 Å². The van der Waals surface area contributed by atoms with Gasteiger partial charge in [-0.2, -0.15) is 0 Å². The number of hydrogen-bond acceptors (Lipinski definition) is 2. The molecule has 0 heterocycles. The molecular weight excluding hydrogens is 162 g/mol. The molecule has 0 saturated heterocycles. The second-order valence-electron chi connectivity index (χ2n) is 4.34. The lowest BCUT2D eigenvalue weighted by atomic mass is 10.1. The van der Waals surface area contributed by atoms with Crippen molar-refractivity contribution < 1.29 is 5.11 Å². The van der Waals surface area contributed by atoms with Crippen molar-refractivity contribution in [3.63, 3.8) is 0 Å². The Labute approximate surface area is 81.9 Å². The zero-order valence-electron chi connectivity index (χ0n) is 8.84. The first-order valence-corrected chi connectivity index (χ1v) is 5.62. The molecule has 0 atom stereocenters. The molecule has 1 fully saturated rings. The Morgan fingerprint density at radius 2 is 1.92 bits per heavy atom. The highest BCUT2D eigenvalue weighted by atomic mass is 16.2. The summed E-state index contributed by atoms with van der Waals surface area (Å²) in [5, 5.41) is 8.64. The van der Waals surface area contributed by atoms with Gasteiger partial charge >= 0.3 is 0 Å². The summed E-state index contributed by atoms with van der Waals surface area (Å²) in [6, 6.07) is 0. The smallest absolute Gasteiger partial charge is 0.0431 e. The molecule has 0 radical (unpaired) electrons. The van der Waals surface area contributed by atoms with Crippen LogP contribution in [0.2, 0.25) is 0 Å². The first-order chi connectivity index (χ1) is 6.33. The van der Waals surface area contributed by atoms with Crippen LogP contribution in [0.3, 0.4) is 0 Å². The van der Waals surface area contributed by atoms with Crippen LogP contribution in [0.4, 0.5) is 0 Å². The van der Waals surface area contributed by atoms with Gasteiger partial charge in [0.25, 0.3) is 0 Å². The van der Waals surface area contributed by atoms with Gasteiger partial charge in [0.1, 0.15) is 0 Å². The van der Waals surface area contributed by atoms with E-state index in [1.807, 2.05) is 0 Å². The van der Waals surface area contributed by atoms with Crippen molar-refractivity contribution in [2.75, 3.05) is 26.7 Å². The zero-order valence-corrected chi connectivity index (χ0v) is 8.84. The predicted molar refractivity (Wildman–Crippen MR) is 55.8 cm³/mol. The third-order valence-corrected chi connectivity index (χ3v) is 2.99. The average Bonchev–Trinajstić information content (AvgIpc) is 2.57. The minimum Gasteiger partial charge on any atom is -0.396 e. The van der Waals surface area contributed by atoms with Crippen molar-refractivity contribution in [1.82, 2.24) is 4.90 Å². The van der Waals surface area contributed by atoms with Crippen LogP contribution in [-0.2, 0) is 0 Å². The summed E-state index contributed by atoms with van der Waals surface area (Å²) in [6.45, 7) is 2.76. The van der Waals surface area contributed by atoms with Crippen LogP contribution in [0.15, 0.2) is 0 Å². The second-order valence-corrected chi connectivity index (χ2v) is 4.34. The van der Waals surface area contributed by atoms with E-state index in [0.29, 0.717) is 6.61 Å². The van der Waals surface area contributed by atoms with Gasteiger partial charge in [0.2, 0.25) is 0 Å². The maximum atomic E-state index is 8.64. The fraction of sp³-hybridized carbons (Fsp3) is 1.00. The van der Waals surface area contributed by atoms with Gasteiger partial charge < -0.3 is 10.0 Å². The monoisotopic (exact) mass is 185 g/mol. The number of aliphatic hydroxyl groups excluding tert-OH is 1. The van der Waals surface area contributed by atoms with E-state index in [9.17, 15) is 0 Å². The fourth-order valence-corrected chi connectivity index (χ4v) is 2.22. The molecule has 2 heteroatoms. The maximum Gasteiger partial charge on any atom is 0.0431 e. The quantitative estimate of drug-likeness (QED) is 0.639. The van der Waals surface area contributed by atoms with Crippen molar-refractivity contribution >= 4 is 0 Å². The first-order valence-electron chi connectivity index (χ1n) is 5.62. The van der Waals surface area contributed by atoms with E-state index in [-0.39, 0.29) is 0 Å². The molecule has 78 valence electrons. The van der Waals surface area contributed by atoms with E-state index in [4.69, 9.17) is 5.11 Å². The van der Waals surface area contributed by atoms with E-state index in [1.54, 1.807) is 0 Å². The van der Waals surface area contributed by atoms with Gasteiger partial charge in [-0.3, -0.25) is 0 Å². The molecule has 1 N–H and O–H groups in total. The van der Waals surface area contributed by atoms with Gasteiger partial charge in [-0.25, -0.2) is 0 Å². The molecule has 0 aliphatic heterocycles.